The van der Waals surface area contributed by atoms with E-state index in [0.717, 1.165) is 43.2 Å². The van der Waals surface area contributed by atoms with Crippen molar-refractivity contribution in [3.63, 3.8) is 0 Å². The van der Waals surface area contributed by atoms with Crippen LogP contribution in [0, 0.1) is 17.3 Å². The molecule has 0 aromatic heterocycles. The van der Waals surface area contributed by atoms with Crippen LogP contribution in [0.5, 0.6) is 0 Å². The third-order valence-corrected chi connectivity index (χ3v) is 13.4. The van der Waals surface area contributed by atoms with Gasteiger partial charge in [0, 0.05) is 12.1 Å². The van der Waals surface area contributed by atoms with Crippen molar-refractivity contribution >= 4 is 36.7 Å². The topological polar surface area (TPSA) is 294 Å². The van der Waals surface area contributed by atoms with Crippen LogP contribution in [0.25, 0.3) is 11.1 Å². The van der Waals surface area contributed by atoms with E-state index in [1.165, 1.54) is 5.56 Å². The summed E-state index contributed by atoms with van der Waals surface area (Å²) in [6.07, 6.45) is 5.94. The zero-order valence-electron chi connectivity index (χ0n) is 37.5. The zero-order valence-corrected chi connectivity index (χ0v) is 37.5. The number of nitrogens with one attached hydrogen (secondary N) is 5. The van der Waals surface area contributed by atoms with Crippen molar-refractivity contribution in [1.82, 2.24) is 26.6 Å². The van der Waals surface area contributed by atoms with Crippen LogP contribution in [0.3, 0.4) is 0 Å². The molecule has 4 fully saturated rings. The molecule has 1 heterocycles. The molecule has 9 atom stereocenters. The van der Waals surface area contributed by atoms with E-state index in [0.29, 0.717) is 56.2 Å². The van der Waals surface area contributed by atoms with E-state index >= 15 is 0 Å². The minimum absolute atomic E-state index is 0.125. The van der Waals surface area contributed by atoms with Crippen LogP contribution in [0.4, 0.5) is 0 Å². The molecule has 1 aliphatic heterocycles. The summed E-state index contributed by atoms with van der Waals surface area (Å²) < 4.78 is 12.7. The fraction of sp³-hybridized carbons (Fsp3) is 0.622. The summed E-state index contributed by atoms with van der Waals surface area (Å²) in [6.45, 7) is 9.20. The average Bonchev–Trinajstić information content (AvgIpc) is 3.64. The molecule has 0 spiro atoms. The predicted molar refractivity (Wildman–Crippen MR) is 243 cm³/mol. The number of hydrogen-bond donors (Lipinski definition) is 10. The van der Waals surface area contributed by atoms with Crippen molar-refractivity contribution in [3.05, 3.63) is 59.7 Å². The highest BCUT2D eigenvalue weighted by atomic mass is 16.7. The van der Waals surface area contributed by atoms with Gasteiger partial charge in [0.2, 0.25) is 17.7 Å². The summed E-state index contributed by atoms with van der Waals surface area (Å²) in [7, 11) is -0.880. The van der Waals surface area contributed by atoms with Gasteiger partial charge in [-0.05, 0) is 130 Å². The molecule has 4 aliphatic rings. The normalized spacial score (nSPS) is 23.2. The van der Waals surface area contributed by atoms with Crippen LogP contribution in [0.2, 0.25) is 0 Å². The van der Waals surface area contributed by atoms with Crippen molar-refractivity contribution in [2.24, 2.45) is 45.9 Å². The molecular formula is C45H71BN10O7. The molecule has 2 bridgehead atoms. The number of hydrogen-bond acceptors (Lipinski definition) is 12. The van der Waals surface area contributed by atoms with Gasteiger partial charge in [-0.2, -0.15) is 0 Å². The lowest BCUT2D eigenvalue weighted by atomic mass is 9.43. The van der Waals surface area contributed by atoms with Crippen LogP contribution < -0.4 is 55.3 Å². The van der Waals surface area contributed by atoms with Gasteiger partial charge in [-0.25, -0.2) is 0 Å². The van der Waals surface area contributed by atoms with Crippen LogP contribution in [0.1, 0.15) is 108 Å². The van der Waals surface area contributed by atoms with Gasteiger partial charge in [0.05, 0.1) is 11.7 Å². The first-order chi connectivity index (χ1) is 30.1. The number of nitrogens with two attached hydrogens (primary N) is 5. The van der Waals surface area contributed by atoms with E-state index < -0.39 is 72.6 Å². The maximum absolute atomic E-state index is 13.6. The van der Waals surface area contributed by atoms with Gasteiger partial charge < -0.3 is 64.6 Å². The fourth-order valence-electron chi connectivity index (χ4n) is 9.29. The summed E-state index contributed by atoms with van der Waals surface area (Å²) in [5.41, 5.74) is 33.1. The smallest absolute Gasteiger partial charge is 0.403 e. The Kier molecular flexibility index (Phi) is 17.7. The summed E-state index contributed by atoms with van der Waals surface area (Å²) in [6, 6.07) is 10.9. The molecule has 63 heavy (non-hydrogen) atoms. The van der Waals surface area contributed by atoms with E-state index in [2.05, 4.69) is 78.5 Å². The van der Waals surface area contributed by atoms with Crippen LogP contribution >= 0.6 is 0 Å². The Morgan fingerprint density at radius 3 is 1.81 bits per heavy atom. The molecule has 3 aliphatic carbocycles. The Morgan fingerprint density at radius 2 is 1.25 bits per heavy atom. The molecule has 15 N–H and O–H groups in total. The first kappa shape index (κ1) is 49.6. The number of aryl methyl sites for hydroxylation is 1. The highest BCUT2D eigenvalue weighted by Gasteiger charge is 2.68. The summed E-state index contributed by atoms with van der Waals surface area (Å²) >= 11 is 0. The third kappa shape index (κ3) is 12.2. The lowest BCUT2D eigenvalue weighted by Gasteiger charge is -2.64. The van der Waals surface area contributed by atoms with Gasteiger partial charge in [0.15, 0.2) is 6.17 Å². The lowest BCUT2D eigenvalue weighted by Crippen LogP contribution is -2.65. The quantitative estimate of drug-likeness (QED) is 0.0403. The second-order valence-corrected chi connectivity index (χ2v) is 18.2. The van der Waals surface area contributed by atoms with E-state index in [4.69, 9.17) is 38.0 Å². The van der Waals surface area contributed by atoms with Crippen molar-refractivity contribution in [1.29, 1.82) is 0 Å². The zero-order chi connectivity index (χ0) is 45.9. The molecule has 0 radical (unpaired) electrons. The standard InChI is InChI=1S/C45H71BN10O7/c1-5-6-11-27-14-16-28(17-15-27)29-18-20-30(21-19-29)38(57)54-34(26-49)41(60)52-32(12-7-9-22-47)39(58)55-37(50)42(61)53-33(13-8-10-23-48)40(59)56-43(51)46-62-36-25-31-24-35(44(31,2)3)45(36,4)63-46/h14-21,31-37,43H,5-13,22-26,47-51H2,1-4H3,(H,52,60)(H,53,61)(H,54,57)(H,55,58)(H,56,59)/t31-,32-,33-,34-,35-,36?,37+,43+,45-/m0/s1. The molecule has 2 aromatic rings. The minimum atomic E-state index is -1.60. The number of carbonyl (C=O) groups is 5. The van der Waals surface area contributed by atoms with Gasteiger partial charge in [0.25, 0.3) is 11.8 Å². The second kappa shape index (κ2) is 22.5. The fourth-order valence-corrected chi connectivity index (χ4v) is 9.29. The van der Waals surface area contributed by atoms with Crippen LogP contribution in [0.15, 0.2) is 48.5 Å². The molecular weight excluding hydrogens is 803 g/mol. The third-order valence-electron chi connectivity index (χ3n) is 13.4. The number of amides is 5. The van der Waals surface area contributed by atoms with Crippen molar-refractivity contribution in [2.75, 3.05) is 19.6 Å². The lowest BCUT2D eigenvalue weighted by molar-refractivity contribution is -0.199. The summed E-state index contributed by atoms with van der Waals surface area (Å²) in [5, 5.41) is 13.2. The largest absolute Gasteiger partial charge is 0.497 e. The van der Waals surface area contributed by atoms with Crippen LogP contribution in [-0.4, -0.2) is 98.4 Å². The first-order valence-electron chi connectivity index (χ1n) is 22.7. The highest BCUT2D eigenvalue weighted by molar-refractivity contribution is 6.47. The number of unbranched alkanes of at least 4 members (excludes halogenated alkanes) is 3. The van der Waals surface area contributed by atoms with E-state index in [1.807, 2.05) is 12.1 Å². The molecule has 5 amide bonds. The van der Waals surface area contributed by atoms with Gasteiger partial charge in [-0.1, -0.05) is 63.6 Å². The Hall–Kier alpha value is -4.43. The summed E-state index contributed by atoms with van der Waals surface area (Å²) in [4.78, 5) is 67.4. The molecule has 1 unspecified atom stereocenters. The molecule has 17 nitrogen and oxygen atoms in total. The van der Waals surface area contributed by atoms with E-state index in [1.54, 1.807) is 12.1 Å². The molecule has 3 saturated carbocycles. The molecule has 6 rings (SSSR count). The summed E-state index contributed by atoms with van der Waals surface area (Å²) in [5.74, 6) is -2.55. The maximum atomic E-state index is 13.6. The average molecular weight is 875 g/mol. The SMILES string of the molecule is CCCCc1ccc(-c2ccc(C(=O)N[C@@H](CN)C(=O)N[C@@H](CCCCN)C(=O)N[C@@H](N)C(=O)N[C@@H](CCCCN)C(=O)N[C@@H](N)B3OC4C[C@@H]5C[C@@H](C5(C)C)[C@]4(C)O3)cc2)cc1. The predicted octanol–water partition coefficient (Wildman–Crippen LogP) is 1.05. The molecule has 2 aromatic carbocycles. The van der Waals surface area contributed by atoms with Gasteiger partial charge in [0.1, 0.15) is 24.2 Å². The molecule has 346 valence electrons. The first-order valence-corrected chi connectivity index (χ1v) is 22.7. The van der Waals surface area contributed by atoms with Gasteiger partial charge in [-0.3, -0.25) is 24.0 Å². The Balaban J connectivity index is 1.15. The minimum Gasteiger partial charge on any atom is -0.403 e. The Bertz CT molecular complexity index is 1870. The van der Waals surface area contributed by atoms with Gasteiger partial charge >= 0.3 is 7.12 Å². The molecule has 18 heteroatoms. The number of benzene rings is 2. The van der Waals surface area contributed by atoms with E-state index in [9.17, 15) is 24.0 Å². The van der Waals surface area contributed by atoms with Crippen LogP contribution in [-0.2, 0) is 34.9 Å². The Labute approximate surface area is 372 Å². The van der Waals surface area contributed by atoms with Crippen molar-refractivity contribution in [3.8, 4) is 11.1 Å². The van der Waals surface area contributed by atoms with Gasteiger partial charge in [-0.15, -0.1) is 0 Å². The van der Waals surface area contributed by atoms with Crippen molar-refractivity contribution in [2.45, 2.75) is 140 Å². The Morgan fingerprint density at radius 1 is 0.698 bits per heavy atom. The number of carbonyl (C=O) groups excluding carboxylic acids is 5. The second-order valence-electron chi connectivity index (χ2n) is 18.2. The number of rotatable bonds is 24. The van der Waals surface area contributed by atoms with E-state index in [-0.39, 0.29) is 30.9 Å². The highest BCUT2D eigenvalue weighted by Crippen LogP contribution is 2.65. The monoisotopic (exact) mass is 875 g/mol. The van der Waals surface area contributed by atoms with Crippen molar-refractivity contribution < 1.29 is 33.3 Å². The molecule has 1 saturated heterocycles. The maximum Gasteiger partial charge on any atom is 0.497 e.